The van der Waals surface area contributed by atoms with Crippen LogP contribution >= 0.6 is 23.5 Å². The van der Waals surface area contributed by atoms with E-state index in [9.17, 15) is 28.6 Å². The van der Waals surface area contributed by atoms with Gasteiger partial charge in [0.1, 0.15) is 17.9 Å². The Kier molecular flexibility index (Phi) is 6.86. The Hall–Kier alpha value is -1.79. The van der Waals surface area contributed by atoms with E-state index in [2.05, 4.69) is 28.1 Å². The van der Waals surface area contributed by atoms with Crippen molar-refractivity contribution in [3.8, 4) is 12.3 Å². The summed E-state index contributed by atoms with van der Waals surface area (Å²) in [5.74, 6) is 0.603. The Bertz CT molecular complexity index is 1250. The van der Waals surface area contributed by atoms with Crippen LogP contribution in [0.25, 0.3) is 11.2 Å². The van der Waals surface area contributed by atoms with Gasteiger partial charge in [0.05, 0.1) is 19.0 Å². The van der Waals surface area contributed by atoms with Gasteiger partial charge in [-0.3, -0.25) is 4.52 Å². The number of hydrogen-bond acceptors (Lipinski definition) is 11. The van der Waals surface area contributed by atoms with Crippen LogP contribution in [0.2, 0.25) is 0 Å². The predicted octanol–water partition coefficient (Wildman–Crippen LogP) is 0.0152. The number of aromatic nitrogens is 4. The number of alkyl halides is 1. The van der Waals surface area contributed by atoms with Gasteiger partial charge in [0.15, 0.2) is 11.5 Å². The number of anilines is 1. The lowest BCUT2D eigenvalue weighted by atomic mass is 9.97. The van der Waals surface area contributed by atoms with Crippen molar-refractivity contribution in [3.63, 3.8) is 0 Å². The van der Waals surface area contributed by atoms with Gasteiger partial charge in [0.2, 0.25) is 5.67 Å². The van der Waals surface area contributed by atoms with Gasteiger partial charge in [-0.15, -0.1) is 6.42 Å². The third-order valence-electron chi connectivity index (χ3n) is 4.70. The zero-order valence-electron chi connectivity index (χ0n) is 16.1. The fourth-order valence-electron chi connectivity index (χ4n) is 3.38. The normalized spacial score (nSPS) is 29.4. The third-order valence-corrected chi connectivity index (χ3v) is 8.50. The fraction of sp³-hybridized carbons (Fsp3) is 0.462. The summed E-state index contributed by atoms with van der Waals surface area (Å²) >= 11 is 0. The van der Waals surface area contributed by atoms with E-state index >= 15 is 4.39 Å². The van der Waals surface area contributed by atoms with Gasteiger partial charge in [-0.05, 0) is 6.42 Å². The van der Waals surface area contributed by atoms with Crippen LogP contribution < -0.4 is 5.73 Å². The number of phosphoric ester groups is 1. The molecule has 2 unspecified atom stereocenters. The SMILES string of the molecule is C#C[C@@]1(F)[C@H](O)[C@@H](COP(=O)(O)OP(=O)(O)OP(=O)(O)O)C[C@H]1n1cnc2c(N)ncnc21. The lowest BCUT2D eigenvalue weighted by molar-refractivity contribution is 0.00395. The molecule has 16 nitrogen and oxygen atoms in total. The van der Waals surface area contributed by atoms with Crippen molar-refractivity contribution in [1.29, 1.82) is 0 Å². The summed E-state index contributed by atoms with van der Waals surface area (Å²) in [7, 11) is -16.8. The molecule has 20 heteroatoms. The maximum absolute atomic E-state index is 15.6. The van der Waals surface area contributed by atoms with Crippen molar-refractivity contribution in [2.75, 3.05) is 12.3 Å². The number of hydrogen-bond donors (Lipinski definition) is 6. The van der Waals surface area contributed by atoms with Gasteiger partial charge >= 0.3 is 23.5 Å². The fourth-order valence-corrected chi connectivity index (χ4v) is 6.45. The summed E-state index contributed by atoms with van der Waals surface area (Å²) in [4.78, 5) is 47.5. The van der Waals surface area contributed by atoms with Crippen molar-refractivity contribution in [3.05, 3.63) is 12.7 Å². The van der Waals surface area contributed by atoms with E-state index in [-0.39, 0.29) is 23.4 Å². The second kappa shape index (κ2) is 8.77. The number of fused-ring (bicyclic) bond motifs is 1. The summed E-state index contributed by atoms with van der Waals surface area (Å²) in [6.45, 7) is -0.918. The zero-order valence-corrected chi connectivity index (χ0v) is 18.8. The Morgan fingerprint density at radius 3 is 2.48 bits per heavy atom. The average molecular weight is 531 g/mol. The van der Waals surface area contributed by atoms with E-state index in [0.717, 1.165) is 6.33 Å². The summed E-state index contributed by atoms with van der Waals surface area (Å²) < 4.78 is 62.5. The van der Waals surface area contributed by atoms with Crippen LogP contribution in [0.4, 0.5) is 10.2 Å². The molecule has 0 saturated heterocycles. The Morgan fingerprint density at radius 1 is 1.21 bits per heavy atom. The highest BCUT2D eigenvalue weighted by molar-refractivity contribution is 7.66. The molecule has 0 aliphatic heterocycles. The van der Waals surface area contributed by atoms with Crippen molar-refractivity contribution in [2.45, 2.75) is 24.2 Å². The van der Waals surface area contributed by atoms with Gasteiger partial charge < -0.3 is 35.0 Å². The molecule has 6 atom stereocenters. The van der Waals surface area contributed by atoms with E-state index in [0.29, 0.717) is 0 Å². The van der Waals surface area contributed by atoms with Crippen LogP contribution in [0.1, 0.15) is 12.5 Å². The molecule has 0 bridgehead atoms. The lowest BCUT2D eigenvalue weighted by Crippen LogP contribution is -2.40. The molecule has 0 aromatic carbocycles. The monoisotopic (exact) mass is 531 g/mol. The summed E-state index contributed by atoms with van der Waals surface area (Å²) in [5, 5.41) is 10.5. The van der Waals surface area contributed by atoms with Crippen molar-refractivity contribution < 1.29 is 55.9 Å². The molecule has 1 saturated carbocycles. The van der Waals surface area contributed by atoms with Crippen LogP contribution in [-0.4, -0.2) is 62.6 Å². The first-order valence-electron chi connectivity index (χ1n) is 8.64. The number of phosphoric acid groups is 3. The molecule has 33 heavy (non-hydrogen) atoms. The molecule has 0 spiro atoms. The minimum Gasteiger partial charge on any atom is -0.388 e. The smallest absolute Gasteiger partial charge is 0.388 e. The van der Waals surface area contributed by atoms with Gasteiger partial charge in [0.25, 0.3) is 0 Å². The Morgan fingerprint density at radius 2 is 1.88 bits per heavy atom. The zero-order chi connectivity index (χ0) is 24.8. The Labute approximate surface area is 184 Å². The molecule has 3 rings (SSSR count). The molecule has 0 radical (unpaired) electrons. The second-order valence-corrected chi connectivity index (χ2v) is 11.3. The van der Waals surface area contributed by atoms with Crippen LogP contribution in [-0.2, 0) is 26.8 Å². The minimum atomic E-state index is -5.74. The second-order valence-electron chi connectivity index (χ2n) is 6.84. The van der Waals surface area contributed by atoms with Gasteiger partial charge in [-0.25, -0.2) is 33.0 Å². The summed E-state index contributed by atoms with van der Waals surface area (Å²) in [5.41, 5.74) is 3.22. The van der Waals surface area contributed by atoms with Crippen molar-refractivity contribution in [2.24, 2.45) is 5.92 Å². The van der Waals surface area contributed by atoms with Crippen molar-refractivity contribution in [1.82, 2.24) is 19.5 Å². The average Bonchev–Trinajstić information content (AvgIpc) is 3.18. The van der Waals surface area contributed by atoms with E-state index in [1.807, 2.05) is 5.92 Å². The largest absolute Gasteiger partial charge is 0.490 e. The van der Waals surface area contributed by atoms with Gasteiger partial charge in [0, 0.05) is 5.92 Å². The maximum Gasteiger partial charge on any atom is 0.490 e. The van der Waals surface area contributed by atoms with Gasteiger partial charge in [-0.2, -0.15) is 8.62 Å². The van der Waals surface area contributed by atoms with E-state index in [1.54, 1.807) is 0 Å². The highest BCUT2D eigenvalue weighted by atomic mass is 31.3. The van der Waals surface area contributed by atoms with Crippen LogP contribution in [0.5, 0.6) is 0 Å². The lowest BCUT2D eigenvalue weighted by Gasteiger charge is -2.26. The quantitative estimate of drug-likeness (QED) is 0.194. The maximum atomic E-state index is 15.6. The summed E-state index contributed by atoms with van der Waals surface area (Å²) in [6.07, 6.45) is 5.35. The molecule has 2 heterocycles. The number of rotatable bonds is 8. The minimum absolute atomic E-state index is 0.00618. The number of imidazole rings is 1. The number of terminal acetylenes is 1. The standard InChI is InChI=1S/C13H17FN5O11P3/c1-2-13(14)8(19-6-18-9-11(15)16-5-17-12(9)19)3-7(10(13)20)4-28-32(24,25)30-33(26,27)29-31(21,22)23/h1,5-8,10,20H,3-4H2,(H,24,25)(H,26,27)(H2,15,16,17)(H2,21,22,23)/t7-,8-,10-,13+/m1/s1. The Balaban J connectivity index is 1.79. The third kappa shape index (κ3) is 5.48. The molecule has 2 aromatic rings. The van der Waals surface area contributed by atoms with Gasteiger partial charge in [-0.1, -0.05) is 5.92 Å². The molecule has 7 N–H and O–H groups in total. The van der Waals surface area contributed by atoms with E-state index in [4.69, 9.17) is 21.9 Å². The molecule has 1 aliphatic carbocycles. The number of halogens is 1. The topological polar surface area (TPSA) is 250 Å². The van der Waals surface area contributed by atoms with Crippen LogP contribution in [0.15, 0.2) is 12.7 Å². The van der Waals surface area contributed by atoms with Crippen LogP contribution in [0.3, 0.4) is 0 Å². The van der Waals surface area contributed by atoms with Crippen molar-refractivity contribution >= 4 is 40.4 Å². The number of aliphatic hydroxyl groups excluding tert-OH is 1. The molecule has 2 aromatic heterocycles. The molecule has 182 valence electrons. The van der Waals surface area contributed by atoms with Crippen LogP contribution in [0, 0.1) is 18.3 Å². The number of nitrogens with two attached hydrogens (primary N) is 1. The van der Waals surface area contributed by atoms with E-state index in [1.165, 1.54) is 10.9 Å². The molecule has 0 amide bonds. The highest BCUT2D eigenvalue weighted by Gasteiger charge is 2.57. The highest BCUT2D eigenvalue weighted by Crippen LogP contribution is 2.66. The number of nitrogens with zero attached hydrogens (tertiary/aromatic N) is 4. The molecular weight excluding hydrogens is 514 g/mol. The first kappa shape index (κ1) is 25.8. The first-order chi connectivity index (χ1) is 15.1. The van der Waals surface area contributed by atoms with E-state index < -0.39 is 53.8 Å². The first-order valence-corrected chi connectivity index (χ1v) is 13.2. The molecule has 1 fully saturated rings. The predicted molar refractivity (Wildman–Crippen MR) is 105 cm³/mol. The number of aliphatic hydroxyl groups is 1. The summed E-state index contributed by atoms with van der Waals surface area (Å²) in [6, 6.07) is -1.29. The molecule has 1 aliphatic rings. The molecular formula is C13H17FN5O11P3. The number of nitrogen functional groups attached to an aromatic ring is 1.